The van der Waals surface area contributed by atoms with E-state index in [-0.39, 0.29) is 5.91 Å². The highest BCUT2D eigenvalue weighted by molar-refractivity contribution is 6.06. The Hall–Kier alpha value is -3.02. The van der Waals surface area contributed by atoms with Crippen LogP contribution >= 0.6 is 0 Å². The second-order valence-electron chi connectivity index (χ2n) is 7.20. The van der Waals surface area contributed by atoms with E-state index in [1.165, 1.54) is 0 Å². The average Bonchev–Trinajstić information content (AvgIpc) is 3.12. The smallest absolute Gasteiger partial charge is 0.256 e. The third-order valence-corrected chi connectivity index (χ3v) is 4.92. The molecule has 0 atom stereocenters. The molecule has 140 valence electrons. The molecule has 1 aliphatic rings. The molecule has 0 radical (unpaired) electrons. The zero-order chi connectivity index (χ0) is 18.8. The van der Waals surface area contributed by atoms with Gasteiger partial charge >= 0.3 is 0 Å². The molecule has 0 aliphatic carbocycles. The third-order valence-electron chi connectivity index (χ3n) is 4.92. The van der Waals surface area contributed by atoms with Crippen LogP contribution in [0.3, 0.4) is 0 Å². The van der Waals surface area contributed by atoms with Crippen LogP contribution in [-0.4, -0.2) is 53.0 Å². The van der Waals surface area contributed by atoms with Gasteiger partial charge in [-0.25, -0.2) is 4.98 Å². The number of carbonyl (C=O) groups excluding carboxylic acids is 1. The number of carbonyl (C=O) groups is 1. The molecule has 6 nitrogen and oxygen atoms in total. The van der Waals surface area contributed by atoms with Gasteiger partial charge in [0, 0.05) is 55.5 Å². The molecule has 1 fully saturated rings. The summed E-state index contributed by atoms with van der Waals surface area (Å²) in [6.07, 6.45) is 3.65. The third kappa shape index (κ3) is 3.47. The van der Waals surface area contributed by atoms with E-state index in [1.54, 1.807) is 0 Å². The number of H-pyrrole nitrogens is 1. The highest BCUT2D eigenvalue weighted by Gasteiger charge is 2.25. The largest absolute Gasteiger partial charge is 0.380 e. The Bertz CT molecular complexity index is 940. The topological polar surface area (TPSA) is 64.3 Å². The van der Waals surface area contributed by atoms with Crippen molar-refractivity contribution in [3.8, 4) is 0 Å². The molecule has 0 saturated carbocycles. The monoisotopic (exact) mass is 363 g/mol. The second kappa shape index (κ2) is 7.31. The van der Waals surface area contributed by atoms with Crippen LogP contribution in [-0.2, 0) is 0 Å². The minimum Gasteiger partial charge on any atom is -0.380 e. The molecule has 0 unspecified atom stereocenters. The average molecular weight is 363 g/mol. The fraction of sp³-hybridized carbons (Fsp3) is 0.333. The van der Waals surface area contributed by atoms with E-state index < -0.39 is 0 Å². The number of piperazine rings is 1. The quantitative estimate of drug-likeness (QED) is 0.746. The minimum absolute atomic E-state index is 0.0913. The van der Waals surface area contributed by atoms with Gasteiger partial charge in [-0.15, -0.1) is 0 Å². The maximum Gasteiger partial charge on any atom is 0.256 e. The summed E-state index contributed by atoms with van der Waals surface area (Å²) in [5.41, 5.74) is 2.79. The first-order valence-corrected chi connectivity index (χ1v) is 9.45. The zero-order valence-electron chi connectivity index (χ0n) is 15.8. The van der Waals surface area contributed by atoms with Gasteiger partial charge in [-0.3, -0.25) is 4.79 Å². The number of nitrogens with zero attached hydrogens (tertiary/aromatic N) is 3. The van der Waals surface area contributed by atoms with E-state index in [1.807, 2.05) is 47.6 Å². The molecule has 2 aromatic heterocycles. The number of fused-ring (bicyclic) bond motifs is 1. The maximum atomic E-state index is 13.0. The predicted molar refractivity (Wildman–Crippen MR) is 109 cm³/mol. The Morgan fingerprint density at radius 1 is 1.11 bits per heavy atom. The number of aromatic amines is 1. The number of hydrogen-bond acceptors (Lipinski definition) is 4. The van der Waals surface area contributed by atoms with Gasteiger partial charge in [-0.2, -0.15) is 0 Å². The van der Waals surface area contributed by atoms with Crippen LogP contribution in [0.2, 0.25) is 0 Å². The lowest BCUT2D eigenvalue weighted by Gasteiger charge is -2.36. The van der Waals surface area contributed by atoms with Gasteiger partial charge in [0.05, 0.1) is 11.3 Å². The number of hydrogen-bond donors (Lipinski definition) is 2. The fourth-order valence-corrected chi connectivity index (χ4v) is 3.61. The number of rotatable bonds is 4. The van der Waals surface area contributed by atoms with Crippen LogP contribution in [0.4, 0.5) is 11.5 Å². The standard InChI is InChI=1S/C21H25N5O/c1-15(2)24-19-8-5-9-22-20(19)25-10-12-26(13-11-25)21(27)17-14-23-18-7-4-3-6-16(17)18/h3-9,14-15,23-24H,10-13H2,1-2H3. The molecule has 1 saturated heterocycles. The van der Waals surface area contributed by atoms with Gasteiger partial charge in [-0.05, 0) is 32.0 Å². The van der Waals surface area contributed by atoms with Gasteiger partial charge in [0.2, 0.25) is 0 Å². The van der Waals surface area contributed by atoms with Crippen molar-refractivity contribution in [3.05, 3.63) is 54.4 Å². The summed E-state index contributed by atoms with van der Waals surface area (Å²) in [7, 11) is 0. The Balaban J connectivity index is 1.47. The van der Waals surface area contributed by atoms with E-state index in [4.69, 9.17) is 0 Å². The van der Waals surface area contributed by atoms with Gasteiger partial charge in [0.15, 0.2) is 5.82 Å². The van der Waals surface area contributed by atoms with E-state index >= 15 is 0 Å². The molecule has 4 rings (SSSR count). The maximum absolute atomic E-state index is 13.0. The molecule has 27 heavy (non-hydrogen) atoms. The first-order valence-electron chi connectivity index (χ1n) is 9.45. The van der Waals surface area contributed by atoms with E-state index in [0.717, 1.165) is 41.1 Å². The highest BCUT2D eigenvalue weighted by atomic mass is 16.2. The SMILES string of the molecule is CC(C)Nc1cccnc1N1CCN(C(=O)c2c[nH]c3ccccc23)CC1. The molecule has 1 aliphatic heterocycles. The number of amides is 1. The van der Waals surface area contributed by atoms with Crippen LogP contribution in [0, 0.1) is 0 Å². The van der Waals surface area contributed by atoms with E-state index in [9.17, 15) is 4.79 Å². The molecule has 0 bridgehead atoms. The first-order chi connectivity index (χ1) is 13.1. The number of anilines is 2. The van der Waals surface area contributed by atoms with Crippen LogP contribution in [0.1, 0.15) is 24.2 Å². The van der Waals surface area contributed by atoms with E-state index in [2.05, 4.69) is 40.1 Å². The molecular weight excluding hydrogens is 338 g/mol. The number of aromatic nitrogens is 2. The number of pyridine rings is 1. The normalized spacial score (nSPS) is 14.8. The molecule has 1 amide bonds. The summed E-state index contributed by atoms with van der Waals surface area (Å²) in [6.45, 7) is 7.17. The molecule has 3 aromatic rings. The van der Waals surface area contributed by atoms with Crippen molar-refractivity contribution >= 4 is 28.3 Å². The molecule has 3 heterocycles. The molecule has 0 spiro atoms. The van der Waals surface area contributed by atoms with Crippen molar-refractivity contribution in [1.29, 1.82) is 0 Å². The summed E-state index contributed by atoms with van der Waals surface area (Å²) in [6, 6.07) is 12.3. The lowest BCUT2D eigenvalue weighted by molar-refractivity contribution is 0.0748. The predicted octanol–water partition coefficient (Wildman–Crippen LogP) is 3.35. The summed E-state index contributed by atoms with van der Waals surface area (Å²) in [5.74, 6) is 1.05. The summed E-state index contributed by atoms with van der Waals surface area (Å²) >= 11 is 0. The first kappa shape index (κ1) is 17.4. The van der Waals surface area contributed by atoms with Gasteiger partial charge < -0.3 is 20.1 Å². The second-order valence-corrected chi connectivity index (χ2v) is 7.20. The Morgan fingerprint density at radius 3 is 2.67 bits per heavy atom. The van der Waals surface area contributed by atoms with Crippen LogP contribution in [0.25, 0.3) is 10.9 Å². The lowest BCUT2D eigenvalue weighted by atomic mass is 10.1. The van der Waals surface area contributed by atoms with Gasteiger partial charge in [0.1, 0.15) is 0 Å². The summed E-state index contributed by atoms with van der Waals surface area (Å²) in [4.78, 5) is 24.9. The Kier molecular flexibility index (Phi) is 4.71. The molecule has 1 aromatic carbocycles. The lowest BCUT2D eigenvalue weighted by Crippen LogP contribution is -2.49. The molecule has 6 heteroatoms. The zero-order valence-corrected chi connectivity index (χ0v) is 15.8. The molecular formula is C21H25N5O. The van der Waals surface area contributed by atoms with Crippen molar-refractivity contribution in [2.75, 3.05) is 36.4 Å². The summed E-state index contributed by atoms with van der Waals surface area (Å²) in [5, 5.41) is 4.44. The number of benzene rings is 1. The summed E-state index contributed by atoms with van der Waals surface area (Å²) < 4.78 is 0. The minimum atomic E-state index is 0.0913. The number of nitrogens with one attached hydrogen (secondary N) is 2. The van der Waals surface area contributed by atoms with Gasteiger partial charge in [0.25, 0.3) is 5.91 Å². The highest BCUT2D eigenvalue weighted by Crippen LogP contribution is 2.25. The van der Waals surface area contributed by atoms with Crippen molar-refractivity contribution in [2.45, 2.75) is 19.9 Å². The van der Waals surface area contributed by atoms with Crippen molar-refractivity contribution < 1.29 is 4.79 Å². The van der Waals surface area contributed by atoms with Crippen LogP contribution in [0.15, 0.2) is 48.8 Å². The van der Waals surface area contributed by atoms with Crippen LogP contribution in [0.5, 0.6) is 0 Å². The van der Waals surface area contributed by atoms with Crippen molar-refractivity contribution in [2.24, 2.45) is 0 Å². The van der Waals surface area contributed by atoms with Crippen molar-refractivity contribution in [3.63, 3.8) is 0 Å². The van der Waals surface area contributed by atoms with Crippen LogP contribution < -0.4 is 10.2 Å². The molecule has 2 N–H and O–H groups in total. The van der Waals surface area contributed by atoms with E-state index in [0.29, 0.717) is 19.1 Å². The van der Waals surface area contributed by atoms with Gasteiger partial charge in [-0.1, -0.05) is 18.2 Å². The number of para-hydroxylation sites is 1. The Labute approximate surface area is 159 Å². The Morgan fingerprint density at radius 2 is 1.89 bits per heavy atom. The van der Waals surface area contributed by atoms with Crippen molar-refractivity contribution in [1.82, 2.24) is 14.9 Å². The fourth-order valence-electron chi connectivity index (χ4n) is 3.61.